The lowest BCUT2D eigenvalue weighted by molar-refractivity contribution is 0.0929. The molecule has 0 radical (unpaired) electrons. The molecule has 1 amide bonds. The van der Waals surface area contributed by atoms with E-state index < -0.39 is 0 Å². The minimum absolute atomic E-state index is 0. The van der Waals surface area contributed by atoms with Gasteiger partial charge in [-0.1, -0.05) is 0 Å². The zero-order valence-corrected chi connectivity index (χ0v) is 13.6. The highest BCUT2D eigenvalue weighted by Crippen LogP contribution is 2.20. The Bertz CT molecular complexity index is 462. The second-order valence-electron chi connectivity index (χ2n) is 5.75. The van der Waals surface area contributed by atoms with Gasteiger partial charge in [-0.3, -0.25) is 4.79 Å². The fourth-order valence-electron chi connectivity index (χ4n) is 3.03. The Morgan fingerprint density at radius 2 is 1.95 bits per heavy atom. The first kappa shape index (κ1) is 17.1. The van der Waals surface area contributed by atoms with Gasteiger partial charge in [0.05, 0.1) is 5.56 Å². The van der Waals surface area contributed by atoms with Crippen LogP contribution in [0, 0.1) is 13.8 Å². The maximum Gasteiger partial charge on any atom is 0.253 e. The molecule has 2 rings (SSSR count). The third-order valence-corrected chi connectivity index (χ3v) is 3.92. The SMILES string of the molecule is Cc1cc(C(=O)NC2CCNCC2)c(C)n1C(C)C.Cl. The summed E-state index contributed by atoms with van der Waals surface area (Å²) >= 11 is 0. The highest BCUT2D eigenvalue weighted by Gasteiger charge is 2.20. The number of carbonyl (C=O) groups excluding carboxylic acids is 1. The third kappa shape index (κ3) is 3.55. The molecule has 0 spiro atoms. The molecule has 1 aromatic rings. The van der Waals surface area contributed by atoms with Crippen molar-refractivity contribution in [3.8, 4) is 0 Å². The molecule has 1 saturated heterocycles. The Labute approximate surface area is 127 Å². The van der Waals surface area contributed by atoms with Gasteiger partial charge in [0.25, 0.3) is 5.91 Å². The van der Waals surface area contributed by atoms with Gasteiger partial charge in [-0.25, -0.2) is 0 Å². The Morgan fingerprint density at radius 1 is 1.35 bits per heavy atom. The van der Waals surface area contributed by atoms with E-state index >= 15 is 0 Å². The lowest BCUT2D eigenvalue weighted by atomic mass is 10.1. The van der Waals surface area contributed by atoms with E-state index in [1.165, 1.54) is 0 Å². The number of rotatable bonds is 3. The van der Waals surface area contributed by atoms with Gasteiger partial charge in [0.1, 0.15) is 0 Å². The van der Waals surface area contributed by atoms with Crippen molar-refractivity contribution in [3.63, 3.8) is 0 Å². The fourth-order valence-corrected chi connectivity index (χ4v) is 3.03. The molecule has 114 valence electrons. The number of amides is 1. The zero-order valence-electron chi connectivity index (χ0n) is 12.8. The molecule has 1 aliphatic heterocycles. The fraction of sp³-hybridized carbons (Fsp3) is 0.667. The van der Waals surface area contributed by atoms with E-state index in [0.717, 1.165) is 42.9 Å². The smallest absolute Gasteiger partial charge is 0.253 e. The molecule has 4 nitrogen and oxygen atoms in total. The molecule has 0 aliphatic carbocycles. The molecule has 1 aliphatic rings. The monoisotopic (exact) mass is 299 g/mol. The second kappa shape index (κ2) is 7.14. The van der Waals surface area contributed by atoms with Gasteiger partial charge in [0.2, 0.25) is 0 Å². The molecule has 20 heavy (non-hydrogen) atoms. The normalized spacial score (nSPS) is 16.1. The molecular formula is C15H26ClN3O. The average molecular weight is 300 g/mol. The Kier molecular flexibility index (Phi) is 6.08. The molecule has 0 aromatic carbocycles. The van der Waals surface area contributed by atoms with E-state index in [1.807, 2.05) is 13.0 Å². The molecule has 0 unspecified atom stereocenters. The van der Waals surface area contributed by atoms with Crippen LogP contribution in [0.25, 0.3) is 0 Å². The van der Waals surface area contributed by atoms with E-state index in [-0.39, 0.29) is 18.3 Å². The third-order valence-electron chi connectivity index (χ3n) is 3.92. The first-order valence-corrected chi connectivity index (χ1v) is 7.20. The largest absolute Gasteiger partial charge is 0.349 e. The summed E-state index contributed by atoms with van der Waals surface area (Å²) in [6.07, 6.45) is 2.04. The van der Waals surface area contributed by atoms with Crippen LogP contribution in [0.15, 0.2) is 6.07 Å². The molecule has 2 heterocycles. The van der Waals surface area contributed by atoms with Crippen LogP contribution in [0.4, 0.5) is 0 Å². The van der Waals surface area contributed by atoms with E-state index in [9.17, 15) is 4.79 Å². The van der Waals surface area contributed by atoms with Crippen molar-refractivity contribution in [3.05, 3.63) is 23.0 Å². The minimum atomic E-state index is 0. The van der Waals surface area contributed by atoms with Gasteiger partial charge >= 0.3 is 0 Å². The van der Waals surface area contributed by atoms with Crippen molar-refractivity contribution in [2.24, 2.45) is 0 Å². The van der Waals surface area contributed by atoms with Crippen LogP contribution >= 0.6 is 12.4 Å². The first-order valence-electron chi connectivity index (χ1n) is 7.20. The Morgan fingerprint density at radius 3 is 2.45 bits per heavy atom. The number of carbonyl (C=O) groups is 1. The number of aryl methyl sites for hydroxylation is 1. The van der Waals surface area contributed by atoms with Gasteiger partial charge < -0.3 is 15.2 Å². The maximum atomic E-state index is 12.4. The highest BCUT2D eigenvalue weighted by molar-refractivity contribution is 5.95. The lowest BCUT2D eigenvalue weighted by Crippen LogP contribution is -2.42. The van der Waals surface area contributed by atoms with E-state index in [2.05, 4.69) is 36.0 Å². The molecular weight excluding hydrogens is 274 g/mol. The first-order chi connectivity index (χ1) is 9.00. The van der Waals surface area contributed by atoms with Crippen molar-refractivity contribution in [2.75, 3.05) is 13.1 Å². The van der Waals surface area contributed by atoms with Crippen LogP contribution in [-0.2, 0) is 0 Å². The maximum absolute atomic E-state index is 12.4. The van der Waals surface area contributed by atoms with Gasteiger partial charge in [-0.2, -0.15) is 0 Å². The summed E-state index contributed by atoms with van der Waals surface area (Å²) in [4.78, 5) is 12.4. The number of aromatic nitrogens is 1. The van der Waals surface area contributed by atoms with Crippen molar-refractivity contribution in [1.82, 2.24) is 15.2 Å². The number of nitrogens with zero attached hydrogens (tertiary/aromatic N) is 1. The summed E-state index contributed by atoms with van der Waals surface area (Å²) in [7, 11) is 0. The molecule has 0 saturated carbocycles. The standard InChI is InChI=1S/C15H25N3O.ClH/c1-10(2)18-11(3)9-14(12(18)4)15(19)17-13-5-7-16-8-6-13;/h9-10,13,16H,5-8H2,1-4H3,(H,17,19);1H. The second-order valence-corrected chi connectivity index (χ2v) is 5.75. The Hall–Kier alpha value is -1.000. The predicted octanol–water partition coefficient (Wildman–Crippen LogP) is 2.59. The molecule has 1 fully saturated rings. The molecule has 0 bridgehead atoms. The van der Waals surface area contributed by atoms with Crippen LogP contribution in [0.3, 0.4) is 0 Å². The van der Waals surface area contributed by atoms with E-state index in [1.54, 1.807) is 0 Å². The number of nitrogens with one attached hydrogen (secondary N) is 2. The summed E-state index contributed by atoms with van der Waals surface area (Å²) in [5.41, 5.74) is 3.05. The van der Waals surface area contributed by atoms with Crippen LogP contribution in [0.2, 0.25) is 0 Å². The number of hydrogen-bond donors (Lipinski definition) is 2. The Balaban J connectivity index is 0.00000200. The number of halogens is 1. The summed E-state index contributed by atoms with van der Waals surface area (Å²) in [6, 6.07) is 2.71. The number of piperidine rings is 1. The van der Waals surface area contributed by atoms with E-state index in [4.69, 9.17) is 0 Å². The predicted molar refractivity (Wildman–Crippen MR) is 84.9 cm³/mol. The van der Waals surface area contributed by atoms with Crippen LogP contribution < -0.4 is 10.6 Å². The summed E-state index contributed by atoms with van der Waals surface area (Å²) in [5, 5.41) is 6.48. The van der Waals surface area contributed by atoms with Crippen molar-refractivity contribution < 1.29 is 4.79 Å². The highest BCUT2D eigenvalue weighted by atomic mass is 35.5. The van der Waals surface area contributed by atoms with E-state index in [0.29, 0.717) is 12.1 Å². The van der Waals surface area contributed by atoms with Crippen LogP contribution in [0.5, 0.6) is 0 Å². The lowest BCUT2D eigenvalue weighted by Gasteiger charge is -2.23. The van der Waals surface area contributed by atoms with Crippen molar-refractivity contribution in [1.29, 1.82) is 0 Å². The van der Waals surface area contributed by atoms with Crippen molar-refractivity contribution in [2.45, 2.75) is 52.6 Å². The van der Waals surface area contributed by atoms with Gasteiger partial charge in [-0.05, 0) is 59.7 Å². The molecule has 5 heteroatoms. The van der Waals surface area contributed by atoms with Gasteiger partial charge in [-0.15, -0.1) is 12.4 Å². The number of hydrogen-bond acceptors (Lipinski definition) is 2. The van der Waals surface area contributed by atoms with Gasteiger partial charge in [0, 0.05) is 23.5 Å². The topological polar surface area (TPSA) is 46.1 Å². The molecule has 0 atom stereocenters. The van der Waals surface area contributed by atoms with Crippen LogP contribution in [-0.4, -0.2) is 29.6 Å². The van der Waals surface area contributed by atoms with Gasteiger partial charge in [0.15, 0.2) is 0 Å². The molecule has 1 aromatic heterocycles. The molecule has 2 N–H and O–H groups in total. The quantitative estimate of drug-likeness (QED) is 0.901. The van der Waals surface area contributed by atoms with Crippen LogP contribution in [0.1, 0.15) is 54.5 Å². The minimum Gasteiger partial charge on any atom is -0.349 e. The summed E-state index contributed by atoms with van der Waals surface area (Å²) in [6.45, 7) is 10.4. The van der Waals surface area contributed by atoms with Crippen molar-refractivity contribution >= 4 is 18.3 Å². The zero-order chi connectivity index (χ0) is 14.0. The summed E-state index contributed by atoms with van der Waals surface area (Å²) < 4.78 is 2.22. The summed E-state index contributed by atoms with van der Waals surface area (Å²) in [5.74, 6) is 0.0758. The average Bonchev–Trinajstić information content (AvgIpc) is 2.66.